The lowest BCUT2D eigenvalue weighted by Crippen LogP contribution is -2.37. The second kappa shape index (κ2) is 8.85. The van der Waals surface area contributed by atoms with Gasteiger partial charge in [-0.3, -0.25) is 9.00 Å². The first kappa shape index (κ1) is 14.6. The zero-order valence-electron chi connectivity index (χ0n) is 9.84. The smallest absolute Gasteiger partial charge is 0.224 e. The van der Waals surface area contributed by atoms with Crippen molar-refractivity contribution in [3.05, 3.63) is 0 Å². The molecule has 0 radical (unpaired) electrons. The van der Waals surface area contributed by atoms with Gasteiger partial charge in [0.2, 0.25) is 5.91 Å². The van der Waals surface area contributed by atoms with Crippen LogP contribution in [-0.2, 0) is 15.6 Å². The summed E-state index contributed by atoms with van der Waals surface area (Å²) in [5.41, 5.74) is 0. The molecule has 0 aromatic heterocycles. The lowest BCUT2D eigenvalue weighted by Gasteiger charge is -2.11. The number of carbonyl (C=O) groups excluding carboxylic acids is 1. The largest absolute Gasteiger partial charge is 0.355 e. The molecule has 15 heavy (non-hydrogen) atoms. The molecule has 1 amide bonds. The molecule has 0 fully saturated rings. The van der Waals surface area contributed by atoms with Crippen molar-refractivity contribution < 1.29 is 9.00 Å². The molecule has 5 heteroatoms. The summed E-state index contributed by atoms with van der Waals surface area (Å²) in [6.07, 6.45) is 0. The lowest BCUT2D eigenvalue weighted by atomic mass is 10.1. The molecule has 2 atom stereocenters. The Morgan fingerprint density at radius 3 is 2.60 bits per heavy atom. The Morgan fingerprint density at radius 1 is 1.40 bits per heavy atom. The van der Waals surface area contributed by atoms with E-state index in [4.69, 9.17) is 0 Å². The molecule has 0 saturated heterocycles. The average molecular weight is 234 g/mol. The Balaban J connectivity index is 3.59. The second-order valence-electron chi connectivity index (χ2n) is 3.43. The maximum Gasteiger partial charge on any atom is 0.224 e. The van der Waals surface area contributed by atoms with Crippen molar-refractivity contribution in [1.82, 2.24) is 10.6 Å². The fourth-order valence-corrected chi connectivity index (χ4v) is 1.68. The minimum Gasteiger partial charge on any atom is -0.355 e. The molecule has 0 spiro atoms. The Hall–Kier alpha value is -0.420. The summed E-state index contributed by atoms with van der Waals surface area (Å²) in [5, 5.41) is 5.90. The van der Waals surface area contributed by atoms with Gasteiger partial charge in [-0.25, -0.2) is 0 Å². The summed E-state index contributed by atoms with van der Waals surface area (Å²) in [4.78, 5) is 11.5. The van der Waals surface area contributed by atoms with E-state index in [2.05, 4.69) is 10.6 Å². The highest BCUT2D eigenvalue weighted by Gasteiger charge is 2.11. The van der Waals surface area contributed by atoms with Crippen LogP contribution in [0.15, 0.2) is 0 Å². The fraction of sp³-hybridized carbons (Fsp3) is 0.900. The Morgan fingerprint density at radius 2 is 2.07 bits per heavy atom. The first-order chi connectivity index (χ1) is 7.11. The van der Waals surface area contributed by atoms with Gasteiger partial charge in [-0.15, -0.1) is 0 Å². The van der Waals surface area contributed by atoms with E-state index in [-0.39, 0.29) is 11.8 Å². The standard InChI is InChI=1S/C10H22N2O2S/c1-4-11-8-9(3)10(13)12-6-7-15(14)5-2/h9,11H,4-8H2,1-3H3,(H,12,13). The van der Waals surface area contributed by atoms with Crippen LogP contribution >= 0.6 is 0 Å². The molecular formula is C10H22N2O2S. The van der Waals surface area contributed by atoms with E-state index in [0.717, 1.165) is 6.54 Å². The van der Waals surface area contributed by atoms with Crippen LogP contribution in [0.5, 0.6) is 0 Å². The molecule has 0 aliphatic carbocycles. The van der Waals surface area contributed by atoms with Gasteiger partial charge in [-0.05, 0) is 6.54 Å². The third-order valence-corrected chi connectivity index (χ3v) is 3.40. The van der Waals surface area contributed by atoms with Gasteiger partial charge in [-0.2, -0.15) is 0 Å². The third-order valence-electron chi connectivity index (χ3n) is 2.10. The Bertz CT molecular complexity index is 210. The van der Waals surface area contributed by atoms with E-state index in [1.54, 1.807) is 0 Å². The third kappa shape index (κ3) is 7.50. The molecule has 0 rings (SSSR count). The van der Waals surface area contributed by atoms with E-state index in [9.17, 15) is 9.00 Å². The van der Waals surface area contributed by atoms with Crippen molar-refractivity contribution in [2.24, 2.45) is 5.92 Å². The topological polar surface area (TPSA) is 58.2 Å². The SMILES string of the molecule is CCNCC(C)C(=O)NCCS(=O)CC. The van der Waals surface area contributed by atoms with Gasteiger partial charge in [0, 0.05) is 41.3 Å². The van der Waals surface area contributed by atoms with Crippen LogP contribution in [0.4, 0.5) is 0 Å². The molecule has 0 aromatic carbocycles. The summed E-state index contributed by atoms with van der Waals surface area (Å²) >= 11 is 0. The van der Waals surface area contributed by atoms with E-state index >= 15 is 0 Å². The zero-order chi connectivity index (χ0) is 11.7. The van der Waals surface area contributed by atoms with Crippen LogP contribution in [0.2, 0.25) is 0 Å². The van der Waals surface area contributed by atoms with Crippen molar-refractivity contribution >= 4 is 16.7 Å². The summed E-state index contributed by atoms with van der Waals surface area (Å²) < 4.78 is 11.1. The minimum atomic E-state index is -0.792. The van der Waals surface area contributed by atoms with Gasteiger partial charge in [-0.1, -0.05) is 20.8 Å². The van der Waals surface area contributed by atoms with Crippen molar-refractivity contribution in [3.63, 3.8) is 0 Å². The molecule has 0 aliphatic heterocycles. The van der Waals surface area contributed by atoms with Crippen LogP contribution in [0.1, 0.15) is 20.8 Å². The van der Waals surface area contributed by atoms with E-state index in [1.807, 2.05) is 20.8 Å². The number of amides is 1. The molecule has 0 aromatic rings. The molecule has 0 heterocycles. The number of hydrogen-bond donors (Lipinski definition) is 2. The number of nitrogens with one attached hydrogen (secondary N) is 2. The molecule has 0 saturated carbocycles. The van der Waals surface area contributed by atoms with Crippen molar-refractivity contribution in [2.45, 2.75) is 20.8 Å². The summed E-state index contributed by atoms with van der Waals surface area (Å²) in [6.45, 7) is 7.85. The molecule has 2 N–H and O–H groups in total. The van der Waals surface area contributed by atoms with Crippen molar-refractivity contribution in [2.75, 3.05) is 31.1 Å². The van der Waals surface area contributed by atoms with Crippen LogP contribution in [0.3, 0.4) is 0 Å². The Kier molecular flexibility index (Phi) is 8.61. The number of hydrogen-bond acceptors (Lipinski definition) is 3. The van der Waals surface area contributed by atoms with Gasteiger partial charge in [0.1, 0.15) is 0 Å². The first-order valence-electron chi connectivity index (χ1n) is 5.45. The van der Waals surface area contributed by atoms with Gasteiger partial charge in [0.05, 0.1) is 0 Å². The second-order valence-corrected chi connectivity index (χ2v) is 5.30. The van der Waals surface area contributed by atoms with Crippen LogP contribution in [-0.4, -0.2) is 41.3 Å². The monoisotopic (exact) mass is 234 g/mol. The highest BCUT2D eigenvalue weighted by atomic mass is 32.2. The van der Waals surface area contributed by atoms with Gasteiger partial charge >= 0.3 is 0 Å². The molecule has 2 unspecified atom stereocenters. The maximum atomic E-state index is 11.5. The highest BCUT2D eigenvalue weighted by molar-refractivity contribution is 7.84. The van der Waals surface area contributed by atoms with Gasteiger partial charge < -0.3 is 10.6 Å². The zero-order valence-corrected chi connectivity index (χ0v) is 10.7. The highest BCUT2D eigenvalue weighted by Crippen LogP contribution is 1.92. The quantitative estimate of drug-likeness (QED) is 0.627. The maximum absolute atomic E-state index is 11.5. The molecule has 90 valence electrons. The normalized spacial score (nSPS) is 14.6. The van der Waals surface area contributed by atoms with Crippen LogP contribution < -0.4 is 10.6 Å². The molecule has 4 nitrogen and oxygen atoms in total. The van der Waals surface area contributed by atoms with Crippen molar-refractivity contribution in [1.29, 1.82) is 0 Å². The fourth-order valence-electron chi connectivity index (χ4n) is 1.06. The number of carbonyl (C=O) groups is 1. The summed E-state index contributed by atoms with van der Waals surface area (Å²) in [7, 11) is -0.792. The van der Waals surface area contributed by atoms with Gasteiger partial charge in [0.25, 0.3) is 0 Å². The van der Waals surface area contributed by atoms with Crippen LogP contribution in [0.25, 0.3) is 0 Å². The van der Waals surface area contributed by atoms with E-state index < -0.39 is 10.8 Å². The lowest BCUT2D eigenvalue weighted by molar-refractivity contribution is -0.124. The first-order valence-corrected chi connectivity index (χ1v) is 6.94. The number of rotatable bonds is 8. The van der Waals surface area contributed by atoms with Crippen LogP contribution in [0, 0.1) is 5.92 Å². The van der Waals surface area contributed by atoms with Gasteiger partial charge in [0.15, 0.2) is 0 Å². The van der Waals surface area contributed by atoms with E-state index in [1.165, 1.54) is 0 Å². The summed E-state index contributed by atoms with van der Waals surface area (Å²) in [6, 6.07) is 0. The predicted octanol–water partition coefficient (Wildman–Crippen LogP) is 0.117. The molecule has 0 bridgehead atoms. The predicted molar refractivity (Wildman–Crippen MR) is 64.3 cm³/mol. The molecule has 0 aliphatic rings. The average Bonchev–Trinajstić information content (AvgIpc) is 2.25. The summed E-state index contributed by atoms with van der Waals surface area (Å²) in [5.74, 6) is 1.21. The molecular weight excluding hydrogens is 212 g/mol. The Labute approximate surface area is 94.7 Å². The minimum absolute atomic E-state index is 0.0278. The van der Waals surface area contributed by atoms with Crippen molar-refractivity contribution in [3.8, 4) is 0 Å². The van der Waals surface area contributed by atoms with E-state index in [0.29, 0.717) is 24.6 Å².